The van der Waals surface area contributed by atoms with E-state index in [1.807, 2.05) is 12.1 Å². The summed E-state index contributed by atoms with van der Waals surface area (Å²) in [7, 11) is 0. The summed E-state index contributed by atoms with van der Waals surface area (Å²) < 4.78 is 0. The molecule has 0 aliphatic rings. The molecule has 1 rings (SSSR count). The van der Waals surface area contributed by atoms with E-state index in [1.54, 1.807) is 6.92 Å². The van der Waals surface area contributed by atoms with Crippen molar-refractivity contribution in [1.29, 1.82) is 0 Å². The molecule has 0 aliphatic heterocycles. The number of rotatable bonds is 6. The minimum Gasteiger partial charge on any atom is -0.330 e. The predicted molar refractivity (Wildman–Crippen MR) is 66.6 cm³/mol. The quantitative estimate of drug-likeness (QED) is 0.710. The molecule has 0 amide bonds. The van der Waals surface area contributed by atoms with Gasteiger partial charge in [-0.2, -0.15) is 0 Å². The van der Waals surface area contributed by atoms with Crippen molar-refractivity contribution in [2.45, 2.75) is 26.2 Å². The van der Waals surface area contributed by atoms with Crippen LogP contribution in [0.5, 0.6) is 0 Å². The van der Waals surface area contributed by atoms with Crippen molar-refractivity contribution in [3.8, 4) is 0 Å². The molecular weight excluding hydrogens is 200 g/mol. The highest BCUT2D eigenvalue weighted by atomic mass is 16.1. The fourth-order valence-electron chi connectivity index (χ4n) is 1.93. The second kappa shape index (κ2) is 6.40. The van der Waals surface area contributed by atoms with Gasteiger partial charge < -0.3 is 11.5 Å². The first-order valence-corrected chi connectivity index (χ1v) is 5.72. The van der Waals surface area contributed by atoms with Crippen LogP contribution in [0.2, 0.25) is 0 Å². The average molecular weight is 220 g/mol. The van der Waals surface area contributed by atoms with Crippen LogP contribution in [0.3, 0.4) is 0 Å². The van der Waals surface area contributed by atoms with E-state index in [4.69, 9.17) is 11.5 Å². The van der Waals surface area contributed by atoms with Gasteiger partial charge in [0.25, 0.3) is 0 Å². The van der Waals surface area contributed by atoms with E-state index < -0.39 is 0 Å². The molecule has 0 aromatic heterocycles. The van der Waals surface area contributed by atoms with Crippen molar-refractivity contribution in [2.75, 3.05) is 13.1 Å². The second-order valence-corrected chi connectivity index (χ2v) is 3.93. The Bertz CT molecular complexity index is 361. The van der Waals surface area contributed by atoms with Crippen LogP contribution in [0.15, 0.2) is 18.2 Å². The van der Waals surface area contributed by atoms with Crippen molar-refractivity contribution in [1.82, 2.24) is 0 Å². The first-order chi connectivity index (χ1) is 7.70. The van der Waals surface area contributed by atoms with Crippen molar-refractivity contribution in [3.05, 3.63) is 34.9 Å². The molecule has 1 aromatic carbocycles. The summed E-state index contributed by atoms with van der Waals surface area (Å²) in [5.74, 6) is 0.109. The average Bonchev–Trinajstić information content (AvgIpc) is 2.27. The fraction of sp³-hybridized carbons (Fsp3) is 0.462. The molecule has 1 aromatic rings. The number of ketones is 1. The van der Waals surface area contributed by atoms with E-state index >= 15 is 0 Å². The first-order valence-electron chi connectivity index (χ1n) is 5.72. The number of carbonyl (C=O) groups is 1. The summed E-state index contributed by atoms with van der Waals surface area (Å²) in [5, 5.41) is 0. The van der Waals surface area contributed by atoms with Gasteiger partial charge in [0.05, 0.1) is 0 Å². The number of nitrogens with two attached hydrogens (primary N) is 2. The Morgan fingerprint density at radius 2 is 1.94 bits per heavy atom. The lowest BCUT2D eigenvalue weighted by atomic mass is 9.93. The normalized spacial score (nSPS) is 10.4. The lowest BCUT2D eigenvalue weighted by Gasteiger charge is -2.12. The number of Topliss-reactive ketones (excluding diaryl/α,β-unsaturated/α-hetero) is 1. The molecule has 0 aliphatic carbocycles. The van der Waals surface area contributed by atoms with Crippen LogP contribution in [-0.2, 0) is 12.8 Å². The Morgan fingerprint density at radius 1 is 1.19 bits per heavy atom. The minimum absolute atomic E-state index is 0.109. The highest BCUT2D eigenvalue weighted by molar-refractivity contribution is 5.95. The topological polar surface area (TPSA) is 69.1 Å². The van der Waals surface area contributed by atoms with E-state index in [2.05, 4.69) is 6.07 Å². The molecule has 0 fully saturated rings. The van der Waals surface area contributed by atoms with E-state index in [0.29, 0.717) is 13.1 Å². The van der Waals surface area contributed by atoms with Gasteiger partial charge in [0.1, 0.15) is 0 Å². The zero-order chi connectivity index (χ0) is 12.0. The molecule has 88 valence electrons. The highest BCUT2D eigenvalue weighted by Crippen LogP contribution is 2.17. The van der Waals surface area contributed by atoms with Crippen LogP contribution < -0.4 is 11.5 Å². The Kier molecular flexibility index (Phi) is 5.15. The molecule has 0 heterocycles. The first kappa shape index (κ1) is 12.9. The van der Waals surface area contributed by atoms with Crippen molar-refractivity contribution in [3.63, 3.8) is 0 Å². The number of hydrogen-bond acceptors (Lipinski definition) is 3. The van der Waals surface area contributed by atoms with Crippen molar-refractivity contribution < 1.29 is 4.79 Å². The van der Waals surface area contributed by atoms with Crippen molar-refractivity contribution in [2.24, 2.45) is 11.5 Å². The monoisotopic (exact) mass is 220 g/mol. The summed E-state index contributed by atoms with van der Waals surface area (Å²) in [6.45, 7) is 2.84. The molecule has 0 saturated heterocycles. The zero-order valence-corrected chi connectivity index (χ0v) is 9.83. The van der Waals surface area contributed by atoms with Gasteiger partial charge in [-0.1, -0.05) is 18.2 Å². The van der Waals surface area contributed by atoms with E-state index in [-0.39, 0.29) is 5.78 Å². The zero-order valence-electron chi connectivity index (χ0n) is 9.83. The molecule has 0 unspecified atom stereocenters. The third-order valence-corrected chi connectivity index (χ3v) is 2.70. The van der Waals surface area contributed by atoms with Gasteiger partial charge in [-0.05, 0) is 50.4 Å². The number of aryl methyl sites for hydroxylation is 1. The van der Waals surface area contributed by atoms with Gasteiger partial charge in [0.2, 0.25) is 0 Å². The molecule has 16 heavy (non-hydrogen) atoms. The van der Waals surface area contributed by atoms with Gasteiger partial charge in [0, 0.05) is 5.56 Å². The maximum absolute atomic E-state index is 11.5. The molecule has 3 heteroatoms. The van der Waals surface area contributed by atoms with Gasteiger partial charge >= 0.3 is 0 Å². The Hall–Kier alpha value is -1.19. The second-order valence-electron chi connectivity index (χ2n) is 3.93. The summed E-state index contributed by atoms with van der Waals surface area (Å²) in [4.78, 5) is 11.5. The summed E-state index contributed by atoms with van der Waals surface area (Å²) >= 11 is 0. The minimum atomic E-state index is 0.109. The van der Waals surface area contributed by atoms with Gasteiger partial charge in [0.15, 0.2) is 5.78 Å². The van der Waals surface area contributed by atoms with Crippen LogP contribution in [0.25, 0.3) is 0 Å². The van der Waals surface area contributed by atoms with Crippen LogP contribution in [0.1, 0.15) is 34.8 Å². The molecule has 0 radical (unpaired) electrons. The maximum atomic E-state index is 11.5. The SMILES string of the molecule is CC(=O)c1cccc(CCCN)c1CCN. The standard InChI is InChI=1S/C13H20N2O/c1-10(16)12-6-2-4-11(5-3-8-14)13(12)7-9-15/h2,4,6H,3,5,7-9,14-15H2,1H3. The Morgan fingerprint density at radius 3 is 2.50 bits per heavy atom. The molecular formula is C13H20N2O. The van der Waals surface area contributed by atoms with E-state index in [1.165, 1.54) is 5.56 Å². The number of benzene rings is 1. The highest BCUT2D eigenvalue weighted by Gasteiger charge is 2.10. The lowest BCUT2D eigenvalue weighted by Crippen LogP contribution is -2.11. The maximum Gasteiger partial charge on any atom is 0.160 e. The van der Waals surface area contributed by atoms with Crippen LogP contribution in [0.4, 0.5) is 0 Å². The van der Waals surface area contributed by atoms with Gasteiger partial charge in [-0.15, -0.1) is 0 Å². The molecule has 3 nitrogen and oxygen atoms in total. The van der Waals surface area contributed by atoms with E-state index in [9.17, 15) is 4.79 Å². The predicted octanol–water partition coefficient (Wildman–Crippen LogP) is 1.28. The smallest absolute Gasteiger partial charge is 0.160 e. The summed E-state index contributed by atoms with van der Waals surface area (Å²) in [5.41, 5.74) is 14.2. The fourth-order valence-corrected chi connectivity index (χ4v) is 1.93. The molecule has 0 saturated carbocycles. The number of hydrogen-bond donors (Lipinski definition) is 2. The van der Waals surface area contributed by atoms with Gasteiger partial charge in [-0.3, -0.25) is 4.79 Å². The molecule has 0 bridgehead atoms. The summed E-state index contributed by atoms with van der Waals surface area (Å²) in [6, 6.07) is 5.87. The third-order valence-electron chi connectivity index (χ3n) is 2.70. The molecule has 0 spiro atoms. The largest absolute Gasteiger partial charge is 0.330 e. The van der Waals surface area contributed by atoms with Crippen LogP contribution in [0, 0.1) is 0 Å². The molecule has 4 N–H and O–H groups in total. The molecule has 0 atom stereocenters. The lowest BCUT2D eigenvalue weighted by molar-refractivity contribution is 0.101. The number of carbonyl (C=O) groups excluding carboxylic acids is 1. The van der Waals surface area contributed by atoms with Crippen LogP contribution >= 0.6 is 0 Å². The Labute approximate surface area is 96.8 Å². The van der Waals surface area contributed by atoms with Gasteiger partial charge in [-0.25, -0.2) is 0 Å². The van der Waals surface area contributed by atoms with E-state index in [0.717, 1.165) is 30.4 Å². The summed E-state index contributed by atoms with van der Waals surface area (Å²) in [6.07, 6.45) is 2.63. The van der Waals surface area contributed by atoms with Crippen LogP contribution in [-0.4, -0.2) is 18.9 Å². The van der Waals surface area contributed by atoms with Crippen molar-refractivity contribution >= 4 is 5.78 Å². The third kappa shape index (κ3) is 3.15. The Balaban J connectivity index is 3.05.